The molecular weight excluding hydrogens is 395 g/mol. The van der Waals surface area contributed by atoms with E-state index in [0.29, 0.717) is 21.0 Å². The molecule has 6 nitrogen and oxygen atoms in total. The number of benzene rings is 1. The summed E-state index contributed by atoms with van der Waals surface area (Å²) in [6.45, 7) is 3.72. The number of rotatable bonds is 5. The molecule has 0 atom stereocenters. The van der Waals surface area contributed by atoms with Crippen molar-refractivity contribution < 1.29 is 22.7 Å². The molecular formula is C18H16F3N3O3S. The Morgan fingerprint density at radius 1 is 1.25 bits per heavy atom. The van der Waals surface area contributed by atoms with Gasteiger partial charge in [-0.25, -0.2) is 18.8 Å². The molecule has 0 aliphatic heterocycles. The zero-order valence-corrected chi connectivity index (χ0v) is 15.8. The summed E-state index contributed by atoms with van der Waals surface area (Å²) >= 11 is 1.11. The summed E-state index contributed by atoms with van der Waals surface area (Å²) in [7, 11) is 0. The first-order valence-electron chi connectivity index (χ1n) is 8.29. The Kier molecular flexibility index (Phi) is 5.41. The van der Waals surface area contributed by atoms with Gasteiger partial charge in [-0.15, -0.1) is 11.3 Å². The number of aromatic nitrogens is 3. The van der Waals surface area contributed by atoms with Crippen molar-refractivity contribution in [1.29, 1.82) is 0 Å². The summed E-state index contributed by atoms with van der Waals surface area (Å²) in [5.41, 5.74) is -0.0259. The summed E-state index contributed by atoms with van der Waals surface area (Å²) in [6, 6.07) is 6.23. The van der Waals surface area contributed by atoms with Crippen LogP contribution in [-0.2, 0) is 17.5 Å². The van der Waals surface area contributed by atoms with E-state index >= 15 is 0 Å². The number of nitrogens with zero attached hydrogens (tertiary/aromatic N) is 3. The van der Waals surface area contributed by atoms with Crippen LogP contribution in [0.2, 0.25) is 0 Å². The van der Waals surface area contributed by atoms with Gasteiger partial charge < -0.3 is 4.74 Å². The fourth-order valence-corrected chi connectivity index (χ4v) is 3.58. The van der Waals surface area contributed by atoms with E-state index in [-0.39, 0.29) is 13.2 Å². The van der Waals surface area contributed by atoms with Gasteiger partial charge in [0.05, 0.1) is 18.7 Å². The number of halogens is 3. The number of carbonyl (C=O) groups excluding carboxylic acids is 1. The molecule has 2 aromatic heterocycles. The van der Waals surface area contributed by atoms with E-state index in [4.69, 9.17) is 4.74 Å². The van der Waals surface area contributed by atoms with E-state index in [1.165, 1.54) is 23.0 Å². The topological polar surface area (TPSA) is 66.1 Å². The maximum atomic E-state index is 12.6. The van der Waals surface area contributed by atoms with E-state index < -0.39 is 23.4 Å². The molecule has 0 saturated carbocycles. The van der Waals surface area contributed by atoms with Crippen LogP contribution < -0.4 is 5.69 Å². The molecule has 0 saturated heterocycles. The second kappa shape index (κ2) is 7.63. The van der Waals surface area contributed by atoms with Crippen molar-refractivity contribution in [2.75, 3.05) is 6.61 Å². The molecule has 0 bridgehead atoms. The molecule has 0 spiro atoms. The lowest BCUT2D eigenvalue weighted by molar-refractivity contribution is -0.137. The third kappa shape index (κ3) is 4.01. The third-order valence-electron chi connectivity index (χ3n) is 3.95. The lowest BCUT2D eigenvalue weighted by Gasteiger charge is -2.07. The van der Waals surface area contributed by atoms with Crippen molar-refractivity contribution in [1.82, 2.24) is 14.3 Å². The molecule has 28 heavy (non-hydrogen) atoms. The van der Waals surface area contributed by atoms with Gasteiger partial charge in [-0.2, -0.15) is 18.3 Å². The molecule has 0 radical (unpaired) electrons. The van der Waals surface area contributed by atoms with Gasteiger partial charge in [0.15, 0.2) is 0 Å². The van der Waals surface area contributed by atoms with Crippen LogP contribution in [0.25, 0.3) is 5.00 Å². The number of alkyl halides is 3. The molecule has 10 heteroatoms. The van der Waals surface area contributed by atoms with E-state index in [1.54, 1.807) is 19.9 Å². The van der Waals surface area contributed by atoms with Crippen LogP contribution in [0, 0.1) is 6.92 Å². The SMILES string of the molecule is CCOC(=O)c1sc(-n2cnn(Cc3ccc(C(F)(F)F)cc3)c2=O)cc1C. The predicted molar refractivity (Wildman–Crippen MR) is 96.9 cm³/mol. The number of hydrogen-bond donors (Lipinski definition) is 0. The maximum Gasteiger partial charge on any atom is 0.416 e. The van der Waals surface area contributed by atoms with E-state index in [9.17, 15) is 22.8 Å². The highest BCUT2D eigenvalue weighted by Crippen LogP contribution is 2.29. The van der Waals surface area contributed by atoms with Gasteiger partial charge >= 0.3 is 17.8 Å². The normalized spacial score (nSPS) is 11.6. The van der Waals surface area contributed by atoms with Crippen LogP contribution in [0.5, 0.6) is 0 Å². The molecule has 2 heterocycles. The zero-order valence-electron chi connectivity index (χ0n) is 15.0. The van der Waals surface area contributed by atoms with Crippen LogP contribution in [0.1, 0.15) is 33.3 Å². The quantitative estimate of drug-likeness (QED) is 0.601. The lowest BCUT2D eigenvalue weighted by Crippen LogP contribution is -2.24. The first-order chi connectivity index (χ1) is 13.2. The maximum absolute atomic E-state index is 12.6. The van der Waals surface area contributed by atoms with Crippen molar-refractivity contribution in [2.24, 2.45) is 0 Å². The summed E-state index contributed by atoms with van der Waals surface area (Å²) in [6.07, 6.45) is -3.10. The summed E-state index contributed by atoms with van der Waals surface area (Å²) in [4.78, 5) is 24.9. The van der Waals surface area contributed by atoms with Crippen LogP contribution in [0.4, 0.5) is 13.2 Å². The summed E-state index contributed by atoms with van der Waals surface area (Å²) in [5.74, 6) is -0.457. The molecule has 1 aromatic carbocycles. The van der Waals surface area contributed by atoms with Gasteiger partial charge in [-0.05, 0) is 43.2 Å². The molecule has 3 aromatic rings. The summed E-state index contributed by atoms with van der Waals surface area (Å²) in [5, 5.41) is 4.52. The van der Waals surface area contributed by atoms with Crippen LogP contribution in [0.3, 0.4) is 0 Å². The van der Waals surface area contributed by atoms with Gasteiger partial charge in [0.2, 0.25) is 0 Å². The van der Waals surface area contributed by atoms with E-state index in [0.717, 1.165) is 28.2 Å². The molecule has 0 fully saturated rings. The van der Waals surface area contributed by atoms with Crippen molar-refractivity contribution in [3.8, 4) is 5.00 Å². The summed E-state index contributed by atoms with van der Waals surface area (Å²) < 4.78 is 45.3. The number of carbonyl (C=O) groups is 1. The smallest absolute Gasteiger partial charge is 0.416 e. The first kappa shape index (κ1) is 19.9. The van der Waals surface area contributed by atoms with Gasteiger partial charge in [0.1, 0.15) is 16.2 Å². The van der Waals surface area contributed by atoms with Crippen LogP contribution in [-0.4, -0.2) is 26.9 Å². The number of hydrogen-bond acceptors (Lipinski definition) is 5. The Morgan fingerprint density at radius 3 is 2.54 bits per heavy atom. The van der Waals surface area contributed by atoms with Gasteiger partial charge in [-0.3, -0.25) is 0 Å². The second-order valence-electron chi connectivity index (χ2n) is 5.95. The minimum absolute atomic E-state index is 0.0268. The first-order valence-corrected chi connectivity index (χ1v) is 9.11. The lowest BCUT2D eigenvalue weighted by atomic mass is 10.1. The van der Waals surface area contributed by atoms with E-state index in [2.05, 4.69) is 5.10 Å². The van der Waals surface area contributed by atoms with Crippen LogP contribution in [0.15, 0.2) is 41.5 Å². The molecule has 0 N–H and O–H groups in total. The van der Waals surface area contributed by atoms with Crippen LogP contribution >= 0.6 is 11.3 Å². The van der Waals surface area contributed by atoms with Gasteiger partial charge in [0.25, 0.3) is 0 Å². The molecule has 0 aliphatic rings. The fraction of sp³-hybridized carbons (Fsp3) is 0.278. The number of ether oxygens (including phenoxy) is 1. The van der Waals surface area contributed by atoms with Crippen molar-refractivity contribution in [3.63, 3.8) is 0 Å². The molecule has 0 unspecified atom stereocenters. The van der Waals surface area contributed by atoms with Crippen molar-refractivity contribution in [2.45, 2.75) is 26.6 Å². The molecule has 148 valence electrons. The minimum atomic E-state index is -4.41. The highest BCUT2D eigenvalue weighted by molar-refractivity contribution is 7.16. The molecule has 0 aliphatic carbocycles. The fourth-order valence-electron chi connectivity index (χ4n) is 2.55. The Balaban J connectivity index is 1.84. The zero-order chi connectivity index (χ0) is 20.5. The number of thiophene rings is 1. The minimum Gasteiger partial charge on any atom is -0.462 e. The second-order valence-corrected chi connectivity index (χ2v) is 6.98. The van der Waals surface area contributed by atoms with Crippen molar-refractivity contribution in [3.05, 3.63) is 68.7 Å². The monoisotopic (exact) mass is 411 g/mol. The Hall–Kier alpha value is -2.88. The highest BCUT2D eigenvalue weighted by Gasteiger charge is 2.30. The van der Waals surface area contributed by atoms with E-state index in [1.807, 2.05) is 0 Å². The Labute approximate surface area is 161 Å². The molecule has 0 amide bonds. The largest absolute Gasteiger partial charge is 0.462 e. The third-order valence-corrected chi connectivity index (χ3v) is 5.17. The molecule has 3 rings (SSSR count). The highest BCUT2D eigenvalue weighted by atomic mass is 32.1. The number of esters is 1. The van der Waals surface area contributed by atoms with Crippen molar-refractivity contribution >= 4 is 17.3 Å². The van der Waals surface area contributed by atoms with Gasteiger partial charge in [-0.1, -0.05) is 12.1 Å². The standard InChI is InChI=1S/C18H16F3N3O3S/c1-3-27-16(25)15-11(2)8-14(28-15)23-10-22-24(17(23)26)9-12-4-6-13(7-5-12)18(19,20)21/h4-8,10H,3,9H2,1-2H3. The average Bonchev–Trinajstić information content (AvgIpc) is 3.18. The van der Waals surface area contributed by atoms with Gasteiger partial charge in [0, 0.05) is 0 Å². The Bertz CT molecular complexity index is 1050. The number of aryl methyl sites for hydroxylation is 1. The average molecular weight is 411 g/mol. The Morgan fingerprint density at radius 2 is 1.93 bits per heavy atom. The predicted octanol–water partition coefficient (Wildman–Crippen LogP) is 3.65.